The van der Waals surface area contributed by atoms with E-state index >= 15 is 0 Å². The molecule has 0 atom stereocenters. The summed E-state index contributed by atoms with van der Waals surface area (Å²) in [5.74, 6) is 0.389. The molecule has 1 heterocycles. The minimum atomic E-state index is -0.418. The summed E-state index contributed by atoms with van der Waals surface area (Å²) in [5, 5.41) is 3.33. The molecule has 31 heavy (non-hydrogen) atoms. The molecule has 172 valence electrons. The molecule has 1 aliphatic heterocycles. The van der Waals surface area contributed by atoms with Gasteiger partial charge in [0.05, 0.1) is 11.6 Å². The van der Waals surface area contributed by atoms with E-state index in [1.807, 2.05) is 0 Å². The van der Waals surface area contributed by atoms with Crippen molar-refractivity contribution in [1.82, 2.24) is 10.2 Å². The van der Waals surface area contributed by atoms with E-state index in [2.05, 4.69) is 10.2 Å². The first-order chi connectivity index (χ1) is 15.0. The summed E-state index contributed by atoms with van der Waals surface area (Å²) in [4.78, 5) is 27.0. The minimum Gasteiger partial charge on any atom is -0.384 e. The molecule has 1 aromatic carbocycles. The van der Waals surface area contributed by atoms with E-state index in [1.54, 1.807) is 7.11 Å². The molecule has 1 aliphatic carbocycles. The first-order valence-electron chi connectivity index (χ1n) is 11.5. The number of halogens is 2. The SMILES string of the molecule is COCCC(=O)NC1CCC(CCN2CCC(C(=O)c3ccc(F)cc3Cl)CC2)CC1. The molecule has 1 N–H and O–H groups in total. The maximum Gasteiger partial charge on any atom is 0.222 e. The fourth-order valence-electron chi connectivity index (χ4n) is 4.78. The lowest BCUT2D eigenvalue weighted by atomic mass is 9.83. The van der Waals surface area contributed by atoms with Crippen LogP contribution in [0.2, 0.25) is 5.02 Å². The van der Waals surface area contributed by atoms with Crippen molar-refractivity contribution in [3.63, 3.8) is 0 Å². The highest BCUT2D eigenvalue weighted by Crippen LogP contribution is 2.29. The van der Waals surface area contributed by atoms with Crippen LogP contribution in [0.4, 0.5) is 4.39 Å². The summed E-state index contributed by atoms with van der Waals surface area (Å²) in [6, 6.07) is 4.32. The number of ketones is 1. The number of nitrogens with zero attached hydrogens (tertiary/aromatic N) is 1. The van der Waals surface area contributed by atoms with E-state index in [9.17, 15) is 14.0 Å². The zero-order valence-electron chi connectivity index (χ0n) is 18.4. The second-order valence-corrected chi connectivity index (χ2v) is 9.33. The number of carbonyl (C=O) groups is 2. The fourth-order valence-corrected chi connectivity index (χ4v) is 5.04. The third-order valence-electron chi connectivity index (χ3n) is 6.75. The number of amides is 1. The molecule has 0 radical (unpaired) electrons. The highest BCUT2D eigenvalue weighted by atomic mass is 35.5. The Labute approximate surface area is 189 Å². The van der Waals surface area contributed by atoms with Crippen LogP contribution >= 0.6 is 11.6 Å². The lowest BCUT2D eigenvalue weighted by molar-refractivity contribution is -0.122. The van der Waals surface area contributed by atoms with Gasteiger partial charge in [0.25, 0.3) is 0 Å². The quantitative estimate of drug-likeness (QED) is 0.561. The number of hydrogen-bond acceptors (Lipinski definition) is 4. The molecule has 2 aliphatic rings. The van der Waals surface area contributed by atoms with Crippen LogP contribution in [0.25, 0.3) is 0 Å². The second-order valence-electron chi connectivity index (χ2n) is 8.92. The molecule has 1 saturated carbocycles. The number of hydrogen-bond donors (Lipinski definition) is 1. The fraction of sp³-hybridized carbons (Fsp3) is 0.667. The van der Waals surface area contributed by atoms with Crippen molar-refractivity contribution in [2.75, 3.05) is 33.4 Å². The monoisotopic (exact) mass is 452 g/mol. The van der Waals surface area contributed by atoms with Gasteiger partial charge in [0, 0.05) is 31.1 Å². The number of rotatable bonds is 9. The Hall–Kier alpha value is -1.50. The number of ether oxygens (including phenoxy) is 1. The molecule has 0 unspecified atom stereocenters. The van der Waals surface area contributed by atoms with Crippen molar-refractivity contribution >= 4 is 23.3 Å². The maximum absolute atomic E-state index is 13.2. The Kier molecular flexibility index (Phi) is 9.30. The predicted octanol–water partition coefficient (Wildman–Crippen LogP) is 4.48. The lowest BCUT2D eigenvalue weighted by Gasteiger charge is -2.34. The number of likely N-dealkylation sites (tertiary alicyclic amines) is 1. The van der Waals surface area contributed by atoms with Gasteiger partial charge in [0.1, 0.15) is 5.82 Å². The Morgan fingerprint density at radius 1 is 1.16 bits per heavy atom. The zero-order chi connectivity index (χ0) is 22.2. The van der Waals surface area contributed by atoms with Gasteiger partial charge in [-0.15, -0.1) is 0 Å². The summed E-state index contributed by atoms with van der Waals surface area (Å²) in [6.45, 7) is 3.37. The molecule has 1 saturated heterocycles. The second kappa shape index (κ2) is 11.9. The average Bonchev–Trinajstić information content (AvgIpc) is 2.77. The van der Waals surface area contributed by atoms with E-state index < -0.39 is 5.82 Å². The van der Waals surface area contributed by atoms with E-state index in [1.165, 1.54) is 24.6 Å². The Bertz CT molecular complexity index is 744. The molecule has 5 nitrogen and oxygen atoms in total. The van der Waals surface area contributed by atoms with Crippen molar-refractivity contribution in [3.05, 3.63) is 34.6 Å². The molecule has 0 bridgehead atoms. The van der Waals surface area contributed by atoms with Crippen molar-refractivity contribution < 1.29 is 18.7 Å². The number of benzene rings is 1. The third kappa shape index (κ3) is 7.26. The van der Waals surface area contributed by atoms with Gasteiger partial charge in [-0.25, -0.2) is 4.39 Å². The van der Waals surface area contributed by atoms with Gasteiger partial charge < -0.3 is 15.0 Å². The third-order valence-corrected chi connectivity index (χ3v) is 7.07. The minimum absolute atomic E-state index is 0.0311. The smallest absolute Gasteiger partial charge is 0.222 e. The topological polar surface area (TPSA) is 58.6 Å². The van der Waals surface area contributed by atoms with Crippen molar-refractivity contribution in [3.8, 4) is 0 Å². The first-order valence-corrected chi connectivity index (χ1v) is 11.8. The largest absolute Gasteiger partial charge is 0.384 e. The summed E-state index contributed by atoms with van der Waals surface area (Å²) in [5.41, 5.74) is 0.438. The molecular weight excluding hydrogens is 419 g/mol. The summed E-state index contributed by atoms with van der Waals surface area (Å²) in [7, 11) is 1.61. The Morgan fingerprint density at radius 2 is 1.87 bits per heavy atom. The van der Waals surface area contributed by atoms with Crippen LogP contribution in [0.1, 0.15) is 61.7 Å². The normalized spacial score (nSPS) is 22.9. The lowest BCUT2D eigenvalue weighted by Crippen LogP contribution is -2.39. The Balaban J connectivity index is 1.34. The molecule has 3 rings (SSSR count). The van der Waals surface area contributed by atoms with E-state index in [0.29, 0.717) is 30.6 Å². The number of nitrogens with one attached hydrogen (secondary N) is 1. The van der Waals surface area contributed by atoms with Crippen LogP contribution in [0.5, 0.6) is 0 Å². The van der Waals surface area contributed by atoms with E-state index in [-0.39, 0.29) is 22.6 Å². The van der Waals surface area contributed by atoms with Gasteiger partial charge in [0.2, 0.25) is 5.91 Å². The number of Topliss-reactive ketones (excluding diaryl/α,β-unsaturated/α-hetero) is 1. The van der Waals surface area contributed by atoms with Gasteiger partial charge in [-0.2, -0.15) is 0 Å². The van der Waals surface area contributed by atoms with Gasteiger partial charge in [-0.3, -0.25) is 9.59 Å². The molecule has 1 aromatic rings. The summed E-state index contributed by atoms with van der Waals surface area (Å²) in [6.07, 6.45) is 7.69. The van der Waals surface area contributed by atoms with Crippen molar-refractivity contribution in [2.45, 2.75) is 57.4 Å². The van der Waals surface area contributed by atoms with Crippen molar-refractivity contribution in [2.24, 2.45) is 11.8 Å². The molecule has 2 fully saturated rings. The molecule has 7 heteroatoms. The van der Waals surface area contributed by atoms with Crippen LogP contribution in [0.3, 0.4) is 0 Å². The average molecular weight is 453 g/mol. The zero-order valence-corrected chi connectivity index (χ0v) is 19.1. The van der Waals surface area contributed by atoms with E-state index in [0.717, 1.165) is 58.2 Å². The maximum atomic E-state index is 13.2. The first kappa shape index (κ1) is 24.1. The molecule has 0 aromatic heterocycles. The number of carbonyl (C=O) groups excluding carboxylic acids is 2. The molecular formula is C24H34ClFN2O3. The van der Waals surface area contributed by atoms with Gasteiger partial charge in [0.15, 0.2) is 5.78 Å². The summed E-state index contributed by atoms with van der Waals surface area (Å²) >= 11 is 6.07. The number of methoxy groups -OCH3 is 1. The molecule has 0 spiro atoms. The molecule has 1 amide bonds. The van der Waals surface area contributed by atoms with Gasteiger partial charge in [-0.05, 0) is 88.7 Å². The van der Waals surface area contributed by atoms with E-state index in [4.69, 9.17) is 16.3 Å². The Morgan fingerprint density at radius 3 is 2.52 bits per heavy atom. The summed E-state index contributed by atoms with van der Waals surface area (Å²) < 4.78 is 18.2. The predicted molar refractivity (Wildman–Crippen MR) is 120 cm³/mol. The standard InChI is InChI=1S/C24H34ClFN2O3/c1-31-15-11-23(29)27-20-5-2-17(3-6-20)8-12-28-13-9-18(10-14-28)24(30)21-7-4-19(26)16-22(21)25/h4,7,16-18,20H,2-3,5-6,8-15H2,1H3,(H,27,29). The van der Waals surface area contributed by atoms with Crippen LogP contribution in [0, 0.1) is 17.7 Å². The van der Waals surface area contributed by atoms with Crippen LogP contribution in [-0.4, -0.2) is 56.0 Å². The van der Waals surface area contributed by atoms with Crippen LogP contribution in [0.15, 0.2) is 18.2 Å². The van der Waals surface area contributed by atoms with Gasteiger partial charge >= 0.3 is 0 Å². The number of piperidine rings is 1. The highest BCUT2D eigenvalue weighted by molar-refractivity contribution is 6.34. The van der Waals surface area contributed by atoms with Crippen molar-refractivity contribution in [1.29, 1.82) is 0 Å². The van der Waals surface area contributed by atoms with Gasteiger partial charge in [-0.1, -0.05) is 11.6 Å². The van der Waals surface area contributed by atoms with Crippen LogP contribution < -0.4 is 5.32 Å². The highest BCUT2D eigenvalue weighted by Gasteiger charge is 2.28. The van der Waals surface area contributed by atoms with Crippen LogP contribution in [-0.2, 0) is 9.53 Å².